The number of nitrogens with one attached hydrogen (secondary N) is 1. The third-order valence-electron chi connectivity index (χ3n) is 3.49. The van der Waals surface area contributed by atoms with Gasteiger partial charge in [-0.25, -0.2) is 4.98 Å². The third-order valence-corrected chi connectivity index (χ3v) is 3.70. The molecule has 3 N–H and O–H groups in total. The maximum Gasteiger partial charge on any atom is 0.131 e. The van der Waals surface area contributed by atoms with Crippen molar-refractivity contribution in [2.24, 2.45) is 0 Å². The van der Waals surface area contributed by atoms with Crippen LogP contribution in [0, 0.1) is 0 Å². The van der Waals surface area contributed by atoms with E-state index in [-0.39, 0.29) is 6.10 Å². The first-order chi connectivity index (χ1) is 10.8. The Morgan fingerprint density at radius 3 is 2.57 bits per heavy atom. The molecule has 124 valence electrons. The number of halogens is 1. The van der Waals surface area contributed by atoms with Gasteiger partial charge in [0.2, 0.25) is 0 Å². The topological polar surface area (TPSA) is 78.3 Å². The lowest BCUT2D eigenvalue weighted by Crippen LogP contribution is -2.15. The zero-order valence-electron chi connectivity index (χ0n) is 13.5. The quantitative estimate of drug-likeness (QED) is 0.706. The van der Waals surface area contributed by atoms with Crippen LogP contribution >= 0.6 is 11.6 Å². The first kappa shape index (κ1) is 17.7. The maximum atomic E-state index is 10.0. The number of hydrogen-bond donors (Lipinski definition) is 3. The Hall–Kier alpha value is -1.69. The Labute approximate surface area is 141 Å². The Morgan fingerprint density at radius 2 is 2.00 bits per heavy atom. The minimum Gasteiger partial charge on any atom is -0.393 e. The largest absolute Gasteiger partial charge is 0.393 e. The second-order valence-electron chi connectivity index (χ2n) is 6.11. The van der Waals surface area contributed by atoms with Crippen LogP contribution in [0.3, 0.4) is 0 Å². The predicted molar refractivity (Wildman–Crippen MR) is 92.5 cm³/mol. The van der Waals surface area contributed by atoms with Gasteiger partial charge in [0.05, 0.1) is 17.4 Å². The van der Waals surface area contributed by atoms with E-state index in [4.69, 9.17) is 11.6 Å². The summed E-state index contributed by atoms with van der Waals surface area (Å²) in [5.74, 6) is 0. The van der Waals surface area contributed by atoms with Crippen LogP contribution in [0.4, 0.5) is 5.69 Å². The molecule has 0 amide bonds. The van der Waals surface area contributed by atoms with Crippen LogP contribution in [-0.2, 0) is 5.60 Å². The summed E-state index contributed by atoms with van der Waals surface area (Å²) in [6.07, 6.45) is 3.58. The highest BCUT2D eigenvalue weighted by Crippen LogP contribution is 2.29. The minimum absolute atomic E-state index is 0.368. The summed E-state index contributed by atoms with van der Waals surface area (Å²) in [5.41, 5.74) is 2.19. The van der Waals surface area contributed by atoms with Gasteiger partial charge in [-0.15, -0.1) is 0 Å². The fourth-order valence-corrected chi connectivity index (χ4v) is 2.27. The fourth-order valence-electron chi connectivity index (χ4n) is 2.11. The van der Waals surface area contributed by atoms with E-state index in [0.717, 1.165) is 22.5 Å². The lowest BCUT2D eigenvalue weighted by Gasteiger charge is -2.18. The molecule has 23 heavy (non-hydrogen) atoms. The molecular weight excluding hydrogens is 314 g/mol. The number of anilines is 1. The summed E-state index contributed by atoms with van der Waals surface area (Å²) in [6, 6.07) is 5.43. The van der Waals surface area contributed by atoms with Gasteiger partial charge in [-0.1, -0.05) is 17.7 Å². The second-order valence-corrected chi connectivity index (χ2v) is 6.50. The van der Waals surface area contributed by atoms with Crippen LogP contribution in [0.15, 0.2) is 30.6 Å². The molecule has 6 heteroatoms. The number of hydrogen-bond acceptors (Lipinski definition) is 5. The average Bonchev–Trinajstić information content (AvgIpc) is 2.46. The zero-order valence-corrected chi connectivity index (χ0v) is 14.3. The van der Waals surface area contributed by atoms with E-state index in [1.165, 1.54) is 0 Å². The average molecular weight is 336 g/mol. The molecule has 2 aromatic rings. The van der Waals surface area contributed by atoms with Gasteiger partial charge in [-0.2, -0.15) is 0 Å². The summed E-state index contributed by atoms with van der Waals surface area (Å²) in [4.78, 5) is 8.53. The summed E-state index contributed by atoms with van der Waals surface area (Å²) in [6.45, 7) is 5.80. The molecule has 0 spiro atoms. The normalized spacial score (nSPS) is 13.0. The van der Waals surface area contributed by atoms with E-state index < -0.39 is 5.60 Å². The van der Waals surface area contributed by atoms with Crippen LogP contribution in [0.25, 0.3) is 11.3 Å². The van der Waals surface area contributed by atoms with Gasteiger partial charge in [0, 0.05) is 35.8 Å². The van der Waals surface area contributed by atoms with Crippen LogP contribution in [0.1, 0.15) is 32.8 Å². The lowest BCUT2D eigenvalue weighted by atomic mass is 9.99. The number of pyridine rings is 2. The molecule has 2 heterocycles. The van der Waals surface area contributed by atoms with Gasteiger partial charge in [0.1, 0.15) is 5.15 Å². The minimum atomic E-state index is -0.928. The Balaban J connectivity index is 2.27. The Bertz CT molecular complexity index is 652. The maximum absolute atomic E-state index is 10.0. The summed E-state index contributed by atoms with van der Waals surface area (Å²) >= 11 is 5.98. The van der Waals surface area contributed by atoms with E-state index >= 15 is 0 Å². The molecule has 0 saturated carbocycles. The number of nitrogens with zero attached hydrogens (tertiary/aromatic N) is 2. The summed E-state index contributed by atoms with van der Waals surface area (Å²) in [5, 5.41) is 23.0. The molecule has 0 fully saturated rings. The van der Waals surface area contributed by atoms with E-state index in [1.807, 2.05) is 12.1 Å². The van der Waals surface area contributed by atoms with Crippen molar-refractivity contribution >= 4 is 17.3 Å². The van der Waals surface area contributed by atoms with Crippen molar-refractivity contribution in [3.8, 4) is 11.3 Å². The monoisotopic (exact) mass is 335 g/mol. The smallest absolute Gasteiger partial charge is 0.131 e. The molecule has 0 aliphatic heterocycles. The SMILES string of the molecule is C[C@@H](O)CCNc1cc(Cl)ncc1-c1ccc(C(C)(C)O)cn1. The van der Waals surface area contributed by atoms with Crippen molar-refractivity contribution in [2.45, 2.75) is 38.9 Å². The van der Waals surface area contributed by atoms with Gasteiger partial charge in [-0.3, -0.25) is 4.98 Å². The molecule has 2 aromatic heterocycles. The van der Waals surface area contributed by atoms with Crippen LogP contribution in [0.2, 0.25) is 5.15 Å². The van der Waals surface area contributed by atoms with E-state index in [1.54, 1.807) is 39.2 Å². The van der Waals surface area contributed by atoms with Crippen molar-refractivity contribution < 1.29 is 10.2 Å². The van der Waals surface area contributed by atoms with Gasteiger partial charge < -0.3 is 15.5 Å². The molecule has 0 aromatic carbocycles. The summed E-state index contributed by atoms with van der Waals surface area (Å²) < 4.78 is 0. The second kappa shape index (κ2) is 7.25. The van der Waals surface area contributed by atoms with Gasteiger partial charge in [0.25, 0.3) is 0 Å². The number of aliphatic hydroxyl groups is 2. The van der Waals surface area contributed by atoms with Crippen LogP contribution < -0.4 is 5.32 Å². The molecule has 1 atom stereocenters. The molecule has 5 nitrogen and oxygen atoms in total. The van der Waals surface area contributed by atoms with Crippen molar-refractivity contribution in [1.82, 2.24) is 9.97 Å². The first-order valence-electron chi connectivity index (χ1n) is 7.54. The third kappa shape index (κ3) is 4.89. The molecule has 0 aliphatic rings. The highest BCUT2D eigenvalue weighted by atomic mass is 35.5. The van der Waals surface area contributed by atoms with Crippen LogP contribution in [0.5, 0.6) is 0 Å². The van der Waals surface area contributed by atoms with Gasteiger partial charge in [-0.05, 0) is 39.3 Å². The first-order valence-corrected chi connectivity index (χ1v) is 7.92. The zero-order chi connectivity index (χ0) is 17.0. The standard InChI is InChI=1S/C17H22ClN3O2/c1-11(22)6-7-19-15-8-16(18)21-10-13(15)14-5-4-12(9-20-14)17(2,3)23/h4-5,8-11,22-23H,6-7H2,1-3H3,(H,19,21)/t11-/m1/s1. The Morgan fingerprint density at radius 1 is 1.26 bits per heavy atom. The highest BCUT2D eigenvalue weighted by molar-refractivity contribution is 6.29. The van der Waals surface area contributed by atoms with E-state index in [2.05, 4.69) is 15.3 Å². The van der Waals surface area contributed by atoms with Gasteiger partial charge in [0.15, 0.2) is 0 Å². The predicted octanol–water partition coefficient (Wildman–Crippen LogP) is 3.21. The summed E-state index contributed by atoms with van der Waals surface area (Å²) in [7, 11) is 0. The van der Waals surface area contributed by atoms with Crippen LogP contribution in [-0.4, -0.2) is 32.8 Å². The highest BCUT2D eigenvalue weighted by Gasteiger charge is 2.17. The lowest BCUT2D eigenvalue weighted by molar-refractivity contribution is 0.0782. The molecule has 0 radical (unpaired) electrons. The van der Waals surface area contributed by atoms with E-state index in [0.29, 0.717) is 18.1 Å². The number of aromatic nitrogens is 2. The Kier molecular flexibility index (Phi) is 5.57. The molecule has 0 aliphatic carbocycles. The molecular formula is C17H22ClN3O2. The number of rotatable bonds is 6. The van der Waals surface area contributed by atoms with Crippen molar-refractivity contribution in [1.29, 1.82) is 0 Å². The van der Waals surface area contributed by atoms with Crippen molar-refractivity contribution in [2.75, 3.05) is 11.9 Å². The number of aliphatic hydroxyl groups excluding tert-OH is 1. The van der Waals surface area contributed by atoms with E-state index in [9.17, 15) is 10.2 Å². The van der Waals surface area contributed by atoms with Crippen molar-refractivity contribution in [3.05, 3.63) is 41.3 Å². The molecule has 2 rings (SSSR count). The van der Waals surface area contributed by atoms with Crippen molar-refractivity contribution in [3.63, 3.8) is 0 Å². The molecule has 0 bridgehead atoms. The van der Waals surface area contributed by atoms with Gasteiger partial charge >= 0.3 is 0 Å². The fraction of sp³-hybridized carbons (Fsp3) is 0.412. The molecule has 0 saturated heterocycles. The molecule has 0 unspecified atom stereocenters.